The molecule has 0 amide bonds. The fraction of sp³-hybridized carbons (Fsp3) is 0.0833. The summed E-state index contributed by atoms with van der Waals surface area (Å²) >= 11 is 3.97. The number of nitrogens with zero attached hydrogens (tertiary/aromatic N) is 4. The maximum atomic E-state index is 4.95. The molecule has 8 rings (SSSR count). The smallest absolute Gasteiger partial charge is 0.237 e. The monoisotopic (exact) mass is 592 g/mol. The fourth-order valence-corrected chi connectivity index (χ4v) is 7.13. The van der Waals surface area contributed by atoms with Gasteiger partial charge in [-0.1, -0.05) is 98.8 Å². The van der Waals surface area contributed by atoms with E-state index in [4.69, 9.17) is 15.0 Å². The molecular formula is C36H25BrN4. The molecule has 4 nitrogen and oxygen atoms in total. The van der Waals surface area contributed by atoms with Crippen LogP contribution in [0, 0.1) is 0 Å². The molecule has 2 heterocycles. The number of halogens is 1. The SMILES string of the molecule is CC1(C)C2=c3ccccc3=CC2=Cc2c(Br)c3ccn(-c4nc(-c5ccccc5)nc(-c5ccccc5)n4)cc-3c21. The summed E-state index contributed by atoms with van der Waals surface area (Å²) in [5.74, 6) is 1.88. The van der Waals surface area contributed by atoms with Crippen molar-refractivity contribution in [2.24, 2.45) is 0 Å². The molecule has 0 atom stereocenters. The lowest BCUT2D eigenvalue weighted by molar-refractivity contribution is 0.688. The molecule has 0 spiro atoms. The van der Waals surface area contributed by atoms with Crippen LogP contribution in [0.15, 0.2) is 113 Å². The van der Waals surface area contributed by atoms with Crippen LogP contribution in [0.4, 0.5) is 0 Å². The number of pyridine rings is 1. The van der Waals surface area contributed by atoms with Crippen molar-refractivity contribution >= 4 is 33.7 Å². The lowest BCUT2D eigenvalue weighted by Gasteiger charge is -2.33. The standard InChI is InChI=1S/C36H25BrN4/c1-36(2)30-25(19-24-15-9-10-16-26(24)30)20-28-31(36)29-21-41(18-17-27(29)32(28)37)35-39-33(22-11-5-3-6-12-22)38-34(40-35)23-13-7-4-8-14-23/h3-21H,1-2H3. The van der Waals surface area contributed by atoms with Crippen molar-refractivity contribution < 1.29 is 0 Å². The third kappa shape index (κ3) is 3.69. The number of rotatable bonds is 3. The average molecular weight is 594 g/mol. The molecule has 41 heavy (non-hydrogen) atoms. The Kier molecular flexibility index (Phi) is 5.28. The molecule has 0 radical (unpaired) electrons. The van der Waals surface area contributed by atoms with Crippen molar-refractivity contribution in [3.8, 4) is 39.9 Å². The molecule has 0 saturated heterocycles. The van der Waals surface area contributed by atoms with Gasteiger partial charge in [0.2, 0.25) is 5.95 Å². The Balaban J connectivity index is 1.36. The van der Waals surface area contributed by atoms with Gasteiger partial charge in [-0.3, -0.25) is 4.57 Å². The first-order valence-electron chi connectivity index (χ1n) is 13.7. The van der Waals surface area contributed by atoms with Crippen LogP contribution in [0.25, 0.3) is 57.6 Å². The van der Waals surface area contributed by atoms with E-state index < -0.39 is 0 Å². The van der Waals surface area contributed by atoms with Crippen LogP contribution in [0.5, 0.6) is 0 Å². The normalized spacial score (nSPS) is 14.7. The molecule has 4 aromatic rings. The van der Waals surface area contributed by atoms with E-state index in [-0.39, 0.29) is 5.41 Å². The van der Waals surface area contributed by atoms with Gasteiger partial charge >= 0.3 is 0 Å². The molecule has 1 aromatic heterocycles. The van der Waals surface area contributed by atoms with Crippen LogP contribution in [0.2, 0.25) is 0 Å². The molecule has 4 aliphatic rings. The van der Waals surface area contributed by atoms with Crippen molar-refractivity contribution in [2.45, 2.75) is 19.3 Å². The summed E-state index contributed by atoms with van der Waals surface area (Å²) in [5, 5.41) is 2.61. The Morgan fingerprint density at radius 2 is 1.32 bits per heavy atom. The Morgan fingerprint density at radius 3 is 2.00 bits per heavy atom. The lowest BCUT2D eigenvalue weighted by Crippen LogP contribution is -2.31. The maximum Gasteiger partial charge on any atom is 0.237 e. The van der Waals surface area contributed by atoms with E-state index in [1.807, 2.05) is 71.4 Å². The van der Waals surface area contributed by atoms with Gasteiger partial charge in [-0.2, -0.15) is 9.97 Å². The molecule has 3 aromatic carbocycles. The summed E-state index contributed by atoms with van der Waals surface area (Å²) in [7, 11) is 0. The summed E-state index contributed by atoms with van der Waals surface area (Å²) in [6.07, 6.45) is 8.89. The highest BCUT2D eigenvalue weighted by molar-refractivity contribution is 9.10. The quantitative estimate of drug-likeness (QED) is 0.218. The van der Waals surface area contributed by atoms with E-state index >= 15 is 0 Å². The first kappa shape index (κ1) is 24.2. The zero-order valence-corrected chi connectivity index (χ0v) is 24.2. The van der Waals surface area contributed by atoms with E-state index in [0.29, 0.717) is 17.6 Å². The number of hydrogen-bond donors (Lipinski definition) is 0. The van der Waals surface area contributed by atoms with Gasteiger partial charge in [0.15, 0.2) is 11.6 Å². The molecule has 0 unspecified atom stereocenters. The van der Waals surface area contributed by atoms with Crippen molar-refractivity contribution in [3.63, 3.8) is 0 Å². The molecule has 196 valence electrons. The highest BCUT2D eigenvalue weighted by Crippen LogP contribution is 2.54. The first-order valence-corrected chi connectivity index (χ1v) is 14.5. The molecular weight excluding hydrogens is 568 g/mol. The Labute approximate surface area is 246 Å². The molecule has 0 fully saturated rings. The number of fused-ring (bicyclic) bond motifs is 5. The van der Waals surface area contributed by atoms with Gasteiger partial charge in [0.05, 0.1) is 0 Å². The van der Waals surface area contributed by atoms with Gasteiger partial charge < -0.3 is 0 Å². The summed E-state index contributed by atoms with van der Waals surface area (Å²) in [5.41, 5.74) is 9.33. The van der Waals surface area contributed by atoms with Gasteiger partial charge in [-0.15, -0.1) is 0 Å². The molecule has 0 bridgehead atoms. The molecule has 0 N–H and O–H groups in total. The Bertz CT molecular complexity index is 2060. The topological polar surface area (TPSA) is 43.6 Å². The summed E-state index contributed by atoms with van der Waals surface area (Å²) in [6, 6.07) is 31.0. The van der Waals surface area contributed by atoms with Crippen molar-refractivity contribution in [3.05, 3.63) is 135 Å². The predicted molar refractivity (Wildman–Crippen MR) is 169 cm³/mol. The third-order valence-electron chi connectivity index (χ3n) is 8.27. The van der Waals surface area contributed by atoms with E-state index in [1.165, 1.54) is 43.8 Å². The van der Waals surface area contributed by atoms with Crippen molar-refractivity contribution in [2.75, 3.05) is 0 Å². The number of aromatic nitrogens is 4. The molecule has 1 aliphatic heterocycles. The molecule has 5 heteroatoms. The van der Waals surface area contributed by atoms with Crippen LogP contribution in [0.3, 0.4) is 0 Å². The van der Waals surface area contributed by atoms with Crippen LogP contribution in [0.1, 0.15) is 25.0 Å². The number of benzene rings is 3. The second-order valence-electron chi connectivity index (χ2n) is 11.1. The highest BCUT2D eigenvalue weighted by atomic mass is 79.9. The van der Waals surface area contributed by atoms with Crippen molar-refractivity contribution in [1.82, 2.24) is 19.5 Å². The third-order valence-corrected chi connectivity index (χ3v) is 9.12. The van der Waals surface area contributed by atoms with Crippen LogP contribution < -0.4 is 10.4 Å². The van der Waals surface area contributed by atoms with Gasteiger partial charge in [-0.05, 0) is 72.4 Å². The van der Waals surface area contributed by atoms with Gasteiger partial charge in [0.25, 0.3) is 0 Å². The minimum Gasteiger partial charge on any atom is -0.292 e. The zero-order chi connectivity index (χ0) is 27.7. The van der Waals surface area contributed by atoms with E-state index in [0.717, 1.165) is 15.6 Å². The second kappa shape index (κ2) is 8.95. The van der Waals surface area contributed by atoms with Crippen molar-refractivity contribution in [1.29, 1.82) is 0 Å². The lowest BCUT2D eigenvalue weighted by atomic mass is 9.70. The van der Waals surface area contributed by atoms with E-state index in [9.17, 15) is 0 Å². The highest BCUT2D eigenvalue weighted by Gasteiger charge is 2.40. The van der Waals surface area contributed by atoms with E-state index in [2.05, 4.69) is 78.5 Å². The van der Waals surface area contributed by atoms with Gasteiger partial charge in [0.1, 0.15) is 0 Å². The minimum atomic E-state index is -0.199. The van der Waals surface area contributed by atoms with Crippen LogP contribution >= 0.6 is 15.9 Å². The summed E-state index contributed by atoms with van der Waals surface area (Å²) in [6.45, 7) is 4.69. The largest absolute Gasteiger partial charge is 0.292 e. The predicted octanol–water partition coefficient (Wildman–Crippen LogP) is 7.18. The van der Waals surface area contributed by atoms with Crippen LogP contribution in [-0.2, 0) is 5.41 Å². The fourth-order valence-electron chi connectivity index (χ4n) is 6.47. The second-order valence-corrected chi connectivity index (χ2v) is 11.9. The molecule has 0 saturated carbocycles. The Hall–Kier alpha value is -4.61. The molecule has 3 aliphatic carbocycles. The van der Waals surface area contributed by atoms with E-state index in [1.54, 1.807) is 0 Å². The first-order chi connectivity index (χ1) is 20.0. The zero-order valence-electron chi connectivity index (χ0n) is 22.6. The maximum absolute atomic E-state index is 4.95. The number of allylic oxidation sites excluding steroid dienone is 1. The van der Waals surface area contributed by atoms with Gasteiger partial charge in [-0.25, -0.2) is 4.98 Å². The summed E-state index contributed by atoms with van der Waals surface area (Å²) in [4.78, 5) is 14.8. The van der Waals surface area contributed by atoms with Gasteiger partial charge in [0, 0.05) is 39.0 Å². The minimum absolute atomic E-state index is 0.199. The average Bonchev–Trinajstić information content (AvgIpc) is 3.53. The van der Waals surface area contributed by atoms with Crippen LogP contribution in [-0.4, -0.2) is 19.5 Å². The number of hydrogen-bond acceptors (Lipinski definition) is 3. The summed E-state index contributed by atoms with van der Waals surface area (Å²) < 4.78 is 3.16. The Morgan fingerprint density at radius 1 is 0.683 bits per heavy atom.